The lowest BCUT2D eigenvalue weighted by molar-refractivity contribution is 0.0673. The van der Waals surface area contributed by atoms with Crippen molar-refractivity contribution in [3.8, 4) is 11.3 Å². The van der Waals surface area contributed by atoms with Crippen LogP contribution in [0.3, 0.4) is 0 Å². The first kappa shape index (κ1) is 21.5. The summed E-state index contributed by atoms with van der Waals surface area (Å²) in [5.74, 6) is 0.330. The highest BCUT2D eigenvalue weighted by molar-refractivity contribution is 6.34. The fraction of sp³-hybridized carbons (Fsp3) is 0.273. The van der Waals surface area contributed by atoms with Crippen LogP contribution in [0.2, 0.25) is 10.0 Å². The molecule has 3 aromatic rings. The summed E-state index contributed by atoms with van der Waals surface area (Å²) in [5, 5.41) is 14.2. The first-order valence-corrected chi connectivity index (χ1v) is 10.6. The van der Waals surface area contributed by atoms with Crippen LogP contribution in [0.4, 0.5) is 11.4 Å². The van der Waals surface area contributed by atoms with Gasteiger partial charge in [0.25, 0.3) is 5.91 Å². The molecular formula is C22H22Cl2N4O3. The van der Waals surface area contributed by atoms with Gasteiger partial charge in [-0.15, -0.1) is 0 Å². The molecule has 162 valence electrons. The van der Waals surface area contributed by atoms with Crippen LogP contribution < -0.4 is 10.4 Å². The Balaban J connectivity index is 1.57. The van der Waals surface area contributed by atoms with Crippen molar-refractivity contribution in [3.63, 3.8) is 0 Å². The molecular weight excluding hydrogens is 439 g/mol. The van der Waals surface area contributed by atoms with Gasteiger partial charge in [0.2, 0.25) is 0 Å². The number of nitrogens with one attached hydrogen (secondary N) is 1. The van der Waals surface area contributed by atoms with E-state index in [2.05, 4.69) is 15.5 Å². The summed E-state index contributed by atoms with van der Waals surface area (Å²) in [4.78, 5) is 17.5. The Hall–Kier alpha value is -2.74. The Morgan fingerprint density at radius 3 is 2.65 bits per heavy atom. The van der Waals surface area contributed by atoms with Crippen LogP contribution in [0.15, 0.2) is 47.0 Å². The Labute approximate surface area is 190 Å². The predicted octanol–water partition coefficient (Wildman–Crippen LogP) is 5.11. The van der Waals surface area contributed by atoms with Crippen LogP contribution in [0.5, 0.6) is 0 Å². The van der Waals surface area contributed by atoms with Gasteiger partial charge in [-0.3, -0.25) is 15.5 Å². The molecule has 7 nitrogen and oxygen atoms in total. The van der Waals surface area contributed by atoms with E-state index in [1.165, 1.54) is 0 Å². The molecule has 4 rings (SSSR count). The number of anilines is 2. The highest BCUT2D eigenvalue weighted by Crippen LogP contribution is 2.34. The zero-order valence-corrected chi connectivity index (χ0v) is 18.6. The van der Waals surface area contributed by atoms with Gasteiger partial charge in [0.1, 0.15) is 17.0 Å². The summed E-state index contributed by atoms with van der Waals surface area (Å²) in [6.45, 7) is 5.48. The van der Waals surface area contributed by atoms with Crippen molar-refractivity contribution in [2.45, 2.75) is 19.9 Å². The molecule has 9 heteroatoms. The largest absolute Gasteiger partial charge is 0.366 e. The molecule has 0 spiro atoms. The summed E-state index contributed by atoms with van der Waals surface area (Å²) in [6.07, 6.45) is 0. The van der Waals surface area contributed by atoms with E-state index in [1.54, 1.807) is 25.1 Å². The van der Waals surface area contributed by atoms with Gasteiger partial charge < -0.3 is 14.3 Å². The van der Waals surface area contributed by atoms with Crippen LogP contribution in [0.25, 0.3) is 11.3 Å². The minimum Gasteiger partial charge on any atom is -0.366 e. The van der Waals surface area contributed by atoms with Crippen LogP contribution in [-0.4, -0.2) is 46.8 Å². The molecule has 0 saturated carbocycles. The molecule has 1 amide bonds. The highest BCUT2D eigenvalue weighted by Gasteiger charge is 2.33. The van der Waals surface area contributed by atoms with E-state index in [1.807, 2.05) is 36.1 Å². The molecule has 1 saturated heterocycles. The second-order valence-electron chi connectivity index (χ2n) is 7.51. The molecule has 1 unspecified atom stereocenters. The quantitative estimate of drug-likeness (QED) is 0.526. The molecule has 1 aromatic heterocycles. The average molecular weight is 461 g/mol. The van der Waals surface area contributed by atoms with E-state index in [9.17, 15) is 4.79 Å². The monoisotopic (exact) mass is 460 g/mol. The molecule has 31 heavy (non-hydrogen) atoms. The van der Waals surface area contributed by atoms with Crippen molar-refractivity contribution >= 4 is 40.5 Å². The number of halogens is 2. The van der Waals surface area contributed by atoms with E-state index in [-0.39, 0.29) is 11.9 Å². The van der Waals surface area contributed by atoms with Gasteiger partial charge >= 0.3 is 0 Å². The third-order valence-corrected chi connectivity index (χ3v) is 6.14. The van der Waals surface area contributed by atoms with E-state index >= 15 is 0 Å². The topological polar surface area (TPSA) is 81.8 Å². The van der Waals surface area contributed by atoms with Crippen molar-refractivity contribution in [3.05, 3.63) is 63.8 Å². The van der Waals surface area contributed by atoms with Gasteiger partial charge in [-0.2, -0.15) is 0 Å². The van der Waals surface area contributed by atoms with Crippen molar-refractivity contribution in [1.29, 1.82) is 0 Å². The number of rotatable bonds is 4. The Morgan fingerprint density at radius 2 is 1.97 bits per heavy atom. The molecule has 1 aliphatic heterocycles. The van der Waals surface area contributed by atoms with Crippen molar-refractivity contribution < 1.29 is 14.5 Å². The van der Waals surface area contributed by atoms with Gasteiger partial charge in [-0.25, -0.2) is 0 Å². The molecule has 1 atom stereocenters. The van der Waals surface area contributed by atoms with Gasteiger partial charge in [-0.05, 0) is 38.1 Å². The zero-order chi connectivity index (χ0) is 22.1. The number of hydrogen-bond donors (Lipinski definition) is 2. The van der Waals surface area contributed by atoms with Gasteiger partial charge in [0, 0.05) is 31.2 Å². The maximum atomic E-state index is 13.5. The highest BCUT2D eigenvalue weighted by atomic mass is 35.5. The SMILES string of the molecule is Cc1onc(-c2ccccc2Cl)c1C(=O)N1CCN(c2ccc(NO)cc2Cl)CC1C. The summed E-state index contributed by atoms with van der Waals surface area (Å²) in [6, 6.07) is 12.5. The summed E-state index contributed by atoms with van der Waals surface area (Å²) in [7, 11) is 0. The number of hydrogen-bond acceptors (Lipinski definition) is 6. The van der Waals surface area contributed by atoms with Crippen LogP contribution in [-0.2, 0) is 0 Å². The first-order valence-electron chi connectivity index (χ1n) is 9.87. The minimum absolute atomic E-state index is 0.0682. The van der Waals surface area contributed by atoms with Crippen LogP contribution >= 0.6 is 23.2 Å². The van der Waals surface area contributed by atoms with Crippen LogP contribution in [0.1, 0.15) is 23.0 Å². The fourth-order valence-corrected chi connectivity index (χ4v) is 4.44. The molecule has 0 bridgehead atoms. The number of carbonyl (C=O) groups excluding carboxylic acids is 1. The number of benzene rings is 2. The molecule has 2 N–H and O–H groups in total. The molecule has 0 aliphatic carbocycles. The normalized spacial score (nSPS) is 16.5. The third-order valence-electron chi connectivity index (χ3n) is 5.51. The first-order chi connectivity index (χ1) is 14.9. The zero-order valence-electron chi connectivity index (χ0n) is 17.1. The van der Waals surface area contributed by atoms with E-state index in [4.69, 9.17) is 32.9 Å². The predicted molar refractivity (Wildman–Crippen MR) is 121 cm³/mol. The van der Waals surface area contributed by atoms with E-state index in [0.29, 0.717) is 57.9 Å². The average Bonchev–Trinajstić information content (AvgIpc) is 3.14. The van der Waals surface area contributed by atoms with E-state index in [0.717, 1.165) is 5.69 Å². The lowest BCUT2D eigenvalue weighted by atomic mass is 10.0. The lowest BCUT2D eigenvalue weighted by Gasteiger charge is -2.41. The standard InChI is InChI=1S/C22H22Cl2N4O3/c1-13-12-27(19-8-7-15(25-30)11-18(19)24)9-10-28(13)22(29)20-14(2)31-26-21(20)16-5-3-4-6-17(16)23/h3-8,11,13,25,30H,9-10,12H2,1-2H3. The molecule has 1 aliphatic rings. The number of aromatic nitrogens is 1. The summed E-state index contributed by atoms with van der Waals surface area (Å²) >= 11 is 12.7. The second-order valence-corrected chi connectivity index (χ2v) is 8.33. The van der Waals surface area contributed by atoms with Crippen molar-refractivity contribution in [1.82, 2.24) is 10.1 Å². The Morgan fingerprint density at radius 1 is 1.19 bits per heavy atom. The number of aryl methyl sites for hydroxylation is 1. The minimum atomic E-state index is -0.133. The van der Waals surface area contributed by atoms with Crippen LogP contribution in [0, 0.1) is 6.92 Å². The van der Waals surface area contributed by atoms with Crippen molar-refractivity contribution in [2.24, 2.45) is 0 Å². The number of amides is 1. The van der Waals surface area contributed by atoms with E-state index < -0.39 is 0 Å². The third kappa shape index (κ3) is 4.08. The maximum Gasteiger partial charge on any atom is 0.260 e. The fourth-order valence-electron chi connectivity index (χ4n) is 3.92. The van der Waals surface area contributed by atoms with Gasteiger partial charge in [0.15, 0.2) is 0 Å². The molecule has 2 aromatic carbocycles. The molecule has 2 heterocycles. The number of piperazine rings is 1. The second kappa shape index (κ2) is 8.78. The summed E-state index contributed by atoms with van der Waals surface area (Å²) in [5.41, 5.74) is 5.03. The van der Waals surface area contributed by atoms with Gasteiger partial charge in [-0.1, -0.05) is 46.6 Å². The van der Waals surface area contributed by atoms with Gasteiger partial charge in [0.05, 0.1) is 21.4 Å². The Kier molecular flexibility index (Phi) is 6.09. The number of carbonyl (C=O) groups is 1. The summed E-state index contributed by atoms with van der Waals surface area (Å²) < 4.78 is 5.37. The molecule has 0 radical (unpaired) electrons. The molecule has 1 fully saturated rings. The lowest BCUT2D eigenvalue weighted by Crippen LogP contribution is -2.54. The van der Waals surface area contributed by atoms with Crippen molar-refractivity contribution in [2.75, 3.05) is 30.0 Å². The smallest absolute Gasteiger partial charge is 0.260 e. The number of nitrogens with zero attached hydrogens (tertiary/aromatic N) is 3. The maximum absolute atomic E-state index is 13.5. The Bertz CT molecular complexity index is 1120.